The topological polar surface area (TPSA) is 309 Å². The molecule has 0 unspecified atom stereocenters. The van der Waals surface area contributed by atoms with Crippen molar-refractivity contribution in [3.63, 3.8) is 0 Å². The maximum absolute atomic E-state index is 12.6. The summed E-state index contributed by atoms with van der Waals surface area (Å²) in [6, 6.07) is 58.6. The van der Waals surface area contributed by atoms with Crippen LogP contribution in [0, 0.1) is 6.92 Å². The summed E-state index contributed by atoms with van der Waals surface area (Å²) in [5.74, 6) is 0.537. The highest BCUT2D eigenvalue weighted by atomic mass is 32.1. The first-order chi connectivity index (χ1) is 64.8. The van der Waals surface area contributed by atoms with Gasteiger partial charge in [-0.1, -0.05) is 36.4 Å². The number of imidazole rings is 2. The molecule has 0 saturated heterocycles. The first-order valence-corrected chi connectivity index (χ1v) is 46.1. The number of H-pyrrole nitrogens is 1. The monoisotopic (exact) mass is 1830 g/mol. The highest BCUT2D eigenvalue weighted by molar-refractivity contribution is 7.21. The molecule has 9 aromatic carbocycles. The predicted octanol–water partition coefficient (Wildman–Crippen LogP) is 21.2. The molecule has 0 aliphatic carbocycles. The van der Waals surface area contributed by atoms with Gasteiger partial charge >= 0.3 is 45.9 Å². The molecule has 9 aromatic heterocycles. The summed E-state index contributed by atoms with van der Waals surface area (Å²) in [5.41, 5.74) is 22.5. The van der Waals surface area contributed by atoms with E-state index in [9.17, 15) is 46.7 Å². The van der Waals surface area contributed by atoms with Crippen molar-refractivity contribution in [2.75, 3.05) is 102 Å². The molecule has 4 aliphatic heterocycles. The van der Waals surface area contributed by atoms with Crippen molar-refractivity contribution in [1.82, 2.24) is 24.5 Å². The van der Waals surface area contributed by atoms with Crippen LogP contribution in [0.4, 0.5) is 47.3 Å². The molecule has 0 atom stereocenters. The maximum Gasteiger partial charge on any atom is 0.417 e. The van der Waals surface area contributed by atoms with Gasteiger partial charge in [-0.05, 0) is 245 Å². The van der Waals surface area contributed by atoms with Gasteiger partial charge in [0.05, 0.1) is 50.0 Å². The van der Waals surface area contributed by atoms with Gasteiger partial charge in [0.1, 0.15) is 66.8 Å². The normalized spacial score (nSPS) is 13.1. The van der Waals surface area contributed by atoms with Gasteiger partial charge in [0.2, 0.25) is 0 Å². The number of aromatic nitrogens is 5. The number of anilines is 6. The van der Waals surface area contributed by atoms with Gasteiger partial charge in [0.15, 0.2) is 0 Å². The number of hydrogen-bond donors (Lipinski definition) is 2. The second-order valence-corrected chi connectivity index (χ2v) is 34.2. The molecule has 18 aromatic rings. The fraction of sp³-hybridized carbons (Fsp3) is 0.276. The summed E-state index contributed by atoms with van der Waals surface area (Å²) in [5, 5.41) is 5.14. The van der Waals surface area contributed by atoms with Crippen molar-refractivity contribution < 1.29 is 49.2 Å². The van der Waals surface area contributed by atoms with Crippen LogP contribution in [0.2, 0.25) is 0 Å². The minimum Gasteiger partial charge on any atom is -0.462 e. The Kier molecular flexibility index (Phi) is 26.4. The van der Waals surface area contributed by atoms with Crippen molar-refractivity contribution in [3.8, 4) is 33.3 Å². The van der Waals surface area contributed by atoms with Crippen LogP contribution in [-0.2, 0) is 43.6 Å². The number of rotatable bonds is 14. The fourth-order valence-electron chi connectivity index (χ4n) is 18.4. The molecular formula is C105H100F3N11O14S. The predicted molar refractivity (Wildman–Crippen MR) is 527 cm³/mol. The molecular weight excluding hydrogens is 1730 g/mol. The second-order valence-electron chi connectivity index (χ2n) is 33.2. The minimum atomic E-state index is -4.59. The summed E-state index contributed by atoms with van der Waals surface area (Å²) < 4.78 is 78.3. The Bertz CT molecular complexity index is 7680. The number of aromatic amines is 1. The van der Waals surface area contributed by atoms with Crippen molar-refractivity contribution in [3.05, 3.63) is 296 Å². The molecule has 0 spiro atoms. The lowest BCUT2D eigenvalue weighted by Crippen LogP contribution is -2.34. The largest absolute Gasteiger partial charge is 0.462 e. The summed E-state index contributed by atoms with van der Waals surface area (Å²) in [7, 11) is 1.91. The SMILES string of the molecule is CCN(CC)c1ccc2cc(-c3nc4ccccc4[nH]3)c(=O)oc2c1.CCN(CC)c1ccc2cc(-c3nc4ccccc4n3C)c(=O)oc2c1.CCN(CC)c1ccc2cc(-c3nc4ccccc4s3)c(=O)oc2c1.CCOC(=O)c1cc2cc3c4c(c2oc1=O)CCCN4CCC3.Cc1cc(=O)oc2c3c4c(cc12)CCCN4CCC3.Nc1ccc2c(C(F)(F)F)cc(=O)oc2c1. The Morgan fingerprint density at radius 2 is 0.993 bits per heavy atom. The summed E-state index contributed by atoms with van der Waals surface area (Å²) in [4.78, 5) is 113. The number of nitrogens with two attached hydrogens (primary N) is 1. The number of alkyl halides is 3. The Morgan fingerprint density at radius 3 is 1.56 bits per heavy atom. The average Bonchev–Trinajstić information content (AvgIpc) is 1.40. The molecule has 22 rings (SSSR count). The number of nitrogens with zero attached hydrogens (tertiary/aromatic N) is 9. The maximum atomic E-state index is 12.6. The van der Waals surface area contributed by atoms with E-state index < -0.39 is 29.0 Å². The number of thiazole rings is 1. The number of hydrogen-bond acceptors (Lipinski definition) is 24. The molecule has 13 heterocycles. The molecule has 0 amide bonds. The van der Waals surface area contributed by atoms with E-state index in [1.807, 2.05) is 146 Å². The quantitative estimate of drug-likeness (QED) is 0.0580. The number of carbonyl (C=O) groups is 1. The van der Waals surface area contributed by atoms with Gasteiger partial charge in [-0.25, -0.2) is 48.5 Å². The van der Waals surface area contributed by atoms with Gasteiger partial charge in [0, 0.05) is 186 Å². The molecule has 0 saturated carbocycles. The summed E-state index contributed by atoms with van der Waals surface area (Å²) in [6.07, 6.45) is 4.12. The van der Waals surface area contributed by atoms with Crippen LogP contribution in [0.1, 0.15) is 118 Å². The van der Waals surface area contributed by atoms with E-state index in [1.54, 1.807) is 19.1 Å². The van der Waals surface area contributed by atoms with Crippen LogP contribution >= 0.6 is 11.3 Å². The zero-order valence-electron chi connectivity index (χ0n) is 75.8. The average molecular weight is 1830 g/mol. The highest BCUT2D eigenvalue weighted by Crippen LogP contribution is 2.43. The van der Waals surface area contributed by atoms with Gasteiger partial charge in [0.25, 0.3) is 0 Å². The lowest BCUT2D eigenvalue weighted by Gasteiger charge is -2.37. The smallest absolute Gasteiger partial charge is 0.417 e. The van der Waals surface area contributed by atoms with E-state index >= 15 is 0 Å². The number of esters is 1. The number of fused-ring (bicyclic) bond motifs is 11. The van der Waals surface area contributed by atoms with Crippen LogP contribution in [-0.4, -0.2) is 103 Å². The Hall–Kier alpha value is -14.9. The molecule has 686 valence electrons. The van der Waals surface area contributed by atoms with Crippen molar-refractivity contribution >= 4 is 150 Å². The molecule has 0 bridgehead atoms. The Morgan fingerprint density at radius 1 is 0.478 bits per heavy atom. The molecule has 29 heteroatoms. The number of aryl methyl sites for hydroxylation is 6. The first kappa shape index (κ1) is 91.0. The van der Waals surface area contributed by atoms with E-state index in [1.165, 1.54) is 64.0 Å². The summed E-state index contributed by atoms with van der Waals surface area (Å²) >= 11 is 1.51. The molecule has 25 nitrogen and oxygen atoms in total. The highest BCUT2D eigenvalue weighted by Gasteiger charge is 2.35. The number of nitrogens with one attached hydrogen (secondary N) is 1. The second kappa shape index (κ2) is 38.9. The third-order valence-electron chi connectivity index (χ3n) is 25.0. The van der Waals surface area contributed by atoms with Crippen molar-refractivity contribution in [1.29, 1.82) is 0 Å². The number of halogens is 3. The third-order valence-corrected chi connectivity index (χ3v) is 26.0. The standard InChI is InChI=1S/C21H21N3O2.C20H19N3O2.C20H18N2O2S.C18H19NO4.C16H17NO2.C10H6F3NO2/c1-4-24(5-2)15-11-10-14-12-16(21(25)26-19(14)13-15)20-22-17-8-6-7-9-18(17)23(20)3;1-3-23(4-2)14-10-9-13-11-15(20(24)25-18(13)12-14)19-21-16-7-5-6-8-17(16)22-19;1-3-22(4-2)14-10-9-13-11-15(20(23)24-17(13)12-14)19-21-16-7-5-6-8-18(16)25-19;1-2-22-17(20)14-10-12-9-11-5-3-7-19-8-4-6-13(15(11)19)16(12)23-18(14)21;1-10-8-14(18)19-16-12-5-3-7-17-6-2-4-11(15(12)17)9-13(10)16;11-10(12,13)7-4-9(15)16-8-3-5(14)1-2-6(7)8/h6-13H,4-5H2,1-3H3;5-12H,3-4H2,1-2H3,(H,21,22);5-12H,3-4H2,1-2H3;9-10H,2-8H2,1H3;8-9H,2-7H2,1H3;1-4H,14H2. The zero-order valence-corrected chi connectivity index (χ0v) is 76.6. The van der Waals surface area contributed by atoms with Crippen LogP contribution in [0.25, 0.3) is 131 Å². The Labute approximate surface area is 770 Å². The molecule has 0 radical (unpaired) electrons. The van der Waals surface area contributed by atoms with E-state index in [0.717, 1.165) is 203 Å². The number of para-hydroxylation sites is 5. The molecule has 4 aliphatic rings. The van der Waals surface area contributed by atoms with Gasteiger partial charge in [-0.15, -0.1) is 11.3 Å². The number of nitrogen functional groups attached to an aromatic ring is 1. The van der Waals surface area contributed by atoms with E-state index in [4.69, 9.17) is 32.6 Å². The first-order valence-electron chi connectivity index (χ1n) is 45.3. The van der Waals surface area contributed by atoms with Crippen molar-refractivity contribution in [2.24, 2.45) is 7.05 Å². The van der Waals surface area contributed by atoms with Gasteiger partial charge < -0.3 is 71.0 Å². The van der Waals surface area contributed by atoms with Crippen LogP contribution in [0.5, 0.6) is 0 Å². The Balaban J connectivity index is 0.000000113. The summed E-state index contributed by atoms with van der Waals surface area (Å²) in [6.45, 7) is 26.5. The molecule has 3 N–H and O–H groups in total. The third kappa shape index (κ3) is 18.6. The van der Waals surface area contributed by atoms with Crippen LogP contribution in [0.3, 0.4) is 0 Å². The van der Waals surface area contributed by atoms with Crippen molar-refractivity contribution in [2.45, 2.75) is 113 Å². The van der Waals surface area contributed by atoms with Crippen LogP contribution < -0.4 is 64.0 Å². The molecule has 134 heavy (non-hydrogen) atoms. The molecule has 0 fully saturated rings. The van der Waals surface area contributed by atoms with E-state index in [0.29, 0.717) is 61.7 Å². The van der Waals surface area contributed by atoms with Crippen LogP contribution in [0.15, 0.2) is 249 Å². The number of ether oxygens (including phenoxy) is 1. The van der Waals surface area contributed by atoms with Gasteiger partial charge in [-0.2, -0.15) is 13.2 Å². The fourth-order valence-corrected chi connectivity index (χ4v) is 19.4. The lowest BCUT2D eigenvalue weighted by molar-refractivity contribution is -0.136. The van der Waals surface area contributed by atoms with E-state index in [2.05, 4.69) is 121 Å². The number of benzene rings is 9. The van der Waals surface area contributed by atoms with E-state index in [-0.39, 0.29) is 51.3 Å². The number of carbonyl (C=O) groups excluding carboxylic acids is 1. The minimum absolute atomic E-state index is 0.0185. The lowest BCUT2D eigenvalue weighted by atomic mass is 9.89. The van der Waals surface area contributed by atoms with Gasteiger partial charge in [-0.3, -0.25) is 0 Å². The zero-order chi connectivity index (χ0) is 93.9.